The number of hydrogen-bond donors (Lipinski definition) is 0. The van der Waals surface area contributed by atoms with E-state index in [-0.39, 0.29) is 5.91 Å². The molecule has 3 rings (SSSR count). The number of aryl methyl sites for hydroxylation is 3. The van der Waals surface area contributed by atoms with E-state index in [1.54, 1.807) is 0 Å². The Kier molecular flexibility index (Phi) is 5.31. The monoisotopic (exact) mass is 338 g/mol. The van der Waals surface area contributed by atoms with Crippen LogP contribution in [-0.4, -0.2) is 47.0 Å². The third kappa shape index (κ3) is 4.16. The number of rotatable bonds is 4. The number of carbonyl (C=O) groups excluding carboxylic acids is 1. The summed E-state index contributed by atoms with van der Waals surface area (Å²) in [5, 5.41) is 0. The van der Waals surface area contributed by atoms with E-state index < -0.39 is 0 Å². The van der Waals surface area contributed by atoms with Crippen LogP contribution in [0, 0.1) is 20.8 Å². The van der Waals surface area contributed by atoms with Gasteiger partial charge in [0.15, 0.2) is 0 Å². The topological polar surface area (TPSA) is 49.3 Å². The summed E-state index contributed by atoms with van der Waals surface area (Å²) in [5.41, 5.74) is 3.38. The van der Waals surface area contributed by atoms with E-state index in [0.717, 1.165) is 55.5 Å². The SMILES string of the molecule is Cc1nc(C)c(C)c(N2CCN(C(=O)CCc3ccccc3)CC2)n1. The van der Waals surface area contributed by atoms with Gasteiger partial charge in [0, 0.05) is 43.9 Å². The lowest BCUT2D eigenvalue weighted by molar-refractivity contribution is -0.131. The molecule has 2 aromatic rings. The van der Waals surface area contributed by atoms with Gasteiger partial charge >= 0.3 is 0 Å². The third-order valence-corrected chi connectivity index (χ3v) is 4.88. The zero-order valence-corrected chi connectivity index (χ0v) is 15.3. The normalized spacial score (nSPS) is 14.7. The molecule has 5 nitrogen and oxygen atoms in total. The summed E-state index contributed by atoms with van der Waals surface area (Å²) in [5.74, 6) is 2.07. The highest BCUT2D eigenvalue weighted by Gasteiger charge is 2.23. The molecule has 0 spiro atoms. The average Bonchev–Trinajstić information content (AvgIpc) is 2.63. The maximum atomic E-state index is 12.5. The van der Waals surface area contributed by atoms with Gasteiger partial charge in [-0.1, -0.05) is 30.3 Å². The van der Waals surface area contributed by atoms with Crippen LogP contribution >= 0.6 is 0 Å². The van der Waals surface area contributed by atoms with E-state index in [2.05, 4.69) is 33.9 Å². The zero-order chi connectivity index (χ0) is 17.8. The fourth-order valence-electron chi connectivity index (χ4n) is 3.28. The smallest absolute Gasteiger partial charge is 0.223 e. The van der Waals surface area contributed by atoms with Crippen molar-refractivity contribution in [3.05, 3.63) is 53.0 Å². The molecular formula is C20H26N4O. The van der Waals surface area contributed by atoms with E-state index >= 15 is 0 Å². The molecule has 1 aliphatic heterocycles. The molecule has 0 radical (unpaired) electrons. The summed E-state index contributed by atoms with van der Waals surface area (Å²) in [4.78, 5) is 25.8. The highest BCUT2D eigenvalue weighted by molar-refractivity contribution is 5.76. The van der Waals surface area contributed by atoms with Crippen molar-refractivity contribution in [2.24, 2.45) is 0 Å². The minimum Gasteiger partial charge on any atom is -0.353 e. The van der Waals surface area contributed by atoms with Gasteiger partial charge in [0.1, 0.15) is 11.6 Å². The second-order valence-corrected chi connectivity index (χ2v) is 6.66. The molecule has 0 aliphatic carbocycles. The Bertz CT molecular complexity index is 737. The van der Waals surface area contributed by atoms with Gasteiger partial charge in [-0.05, 0) is 32.8 Å². The Morgan fingerprint density at radius 1 is 1.00 bits per heavy atom. The van der Waals surface area contributed by atoms with Crippen LogP contribution in [0.1, 0.15) is 29.1 Å². The minimum absolute atomic E-state index is 0.246. The van der Waals surface area contributed by atoms with Crippen LogP contribution in [0.4, 0.5) is 5.82 Å². The average molecular weight is 338 g/mol. The molecule has 2 heterocycles. The summed E-state index contributed by atoms with van der Waals surface area (Å²) in [7, 11) is 0. The molecule has 1 saturated heterocycles. The van der Waals surface area contributed by atoms with Gasteiger partial charge in [0.25, 0.3) is 0 Å². The van der Waals surface area contributed by atoms with E-state index in [1.165, 1.54) is 5.56 Å². The van der Waals surface area contributed by atoms with E-state index in [0.29, 0.717) is 6.42 Å². The van der Waals surface area contributed by atoms with Crippen LogP contribution in [0.2, 0.25) is 0 Å². The number of hydrogen-bond acceptors (Lipinski definition) is 4. The first-order chi connectivity index (χ1) is 12.0. The van der Waals surface area contributed by atoms with Crippen LogP contribution in [0.25, 0.3) is 0 Å². The molecular weight excluding hydrogens is 312 g/mol. The number of carbonyl (C=O) groups is 1. The Labute approximate surface area is 149 Å². The van der Waals surface area contributed by atoms with E-state index in [1.807, 2.05) is 36.9 Å². The number of benzene rings is 1. The summed E-state index contributed by atoms with van der Waals surface area (Å²) >= 11 is 0. The predicted octanol–water partition coefficient (Wildman–Crippen LogP) is 2.68. The van der Waals surface area contributed by atoms with Crippen molar-refractivity contribution >= 4 is 11.7 Å². The fraction of sp³-hybridized carbons (Fsp3) is 0.450. The van der Waals surface area contributed by atoms with Crippen molar-refractivity contribution in [3.63, 3.8) is 0 Å². The Morgan fingerprint density at radius 2 is 1.68 bits per heavy atom. The lowest BCUT2D eigenvalue weighted by Gasteiger charge is -2.36. The van der Waals surface area contributed by atoms with Gasteiger partial charge in [-0.25, -0.2) is 9.97 Å². The molecule has 0 N–H and O–H groups in total. The molecule has 1 aliphatic rings. The molecule has 5 heteroatoms. The first-order valence-corrected chi connectivity index (χ1v) is 8.93. The molecule has 1 aromatic carbocycles. The minimum atomic E-state index is 0.246. The van der Waals surface area contributed by atoms with Crippen molar-refractivity contribution < 1.29 is 4.79 Å². The first kappa shape index (κ1) is 17.4. The standard InChI is InChI=1S/C20H26N4O/c1-15-16(2)21-17(3)22-20(15)24-13-11-23(12-14-24)19(25)10-9-18-7-5-4-6-8-18/h4-8H,9-14H2,1-3H3. The van der Waals surface area contributed by atoms with Crippen LogP contribution in [0.3, 0.4) is 0 Å². The maximum Gasteiger partial charge on any atom is 0.223 e. The summed E-state index contributed by atoms with van der Waals surface area (Å²) < 4.78 is 0. The molecule has 1 amide bonds. The predicted molar refractivity (Wildman–Crippen MR) is 99.8 cm³/mol. The lowest BCUT2D eigenvalue weighted by atomic mass is 10.1. The number of nitrogens with zero attached hydrogens (tertiary/aromatic N) is 4. The molecule has 1 aromatic heterocycles. The van der Waals surface area contributed by atoms with Crippen LogP contribution in [0.15, 0.2) is 30.3 Å². The molecule has 0 bridgehead atoms. The van der Waals surface area contributed by atoms with Gasteiger partial charge in [-0.3, -0.25) is 4.79 Å². The van der Waals surface area contributed by atoms with Crippen molar-refractivity contribution in [2.45, 2.75) is 33.6 Å². The van der Waals surface area contributed by atoms with Crippen molar-refractivity contribution in [1.29, 1.82) is 0 Å². The van der Waals surface area contributed by atoms with Gasteiger partial charge in [-0.15, -0.1) is 0 Å². The summed E-state index contributed by atoms with van der Waals surface area (Å²) in [6, 6.07) is 10.2. The molecule has 1 fully saturated rings. The lowest BCUT2D eigenvalue weighted by Crippen LogP contribution is -2.49. The Balaban J connectivity index is 1.56. The van der Waals surface area contributed by atoms with Crippen molar-refractivity contribution in [1.82, 2.24) is 14.9 Å². The second-order valence-electron chi connectivity index (χ2n) is 6.66. The van der Waals surface area contributed by atoms with Gasteiger partial charge in [0.05, 0.1) is 0 Å². The van der Waals surface area contributed by atoms with Crippen LogP contribution in [0.5, 0.6) is 0 Å². The van der Waals surface area contributed by atoms with Crippen LogP contribution in [-0.2, 0) is 11.2 Å². The van der Waals surface area contributed by atoms with Gasteiger partial charge in [-0.2, -0.15) is 0 Å². The van der Waals surface area contributed by atoms with E-state index in [9.17, 15) is 4.79 Å². The Hall–Kier alpha value is -2.43. The number of amides is 1. The van der Waals surface area contributed by atoms with Crippen molar-refractivity contribution in [3.8, 4) is 0 Å². The highest BCUT2D eigenvalue weighted by atomic mass is 16.2. The molecule has 25 heavy (non-hydrogen) atoms. The molecule has 132 valence electrons. The fourth-order valence-corrected chi connectivity index (χ4v) is 3.28. The summed E-state index contributed by atoms with van der Waals surface area (Å²) in [6.07, 6.45) is 1.39. The molecule has 0 unspecified atom stereocenters. The number of aromatic nitrogens is 2. The second kappa shape index (κ2) is 7.64. The van der Waals surface area contributed by atoms with Gasteiger partial charge < -0.3 is 9.80 Å². The maximum absolute atomic E-state index is 12.5. The quantitative estimate of drug-likeness (QED) is 0.860. The largest absolute Gasteiger partial charge is 0.353 e. The highest BCUT2D eigenvalue weighted by Crippen LogP contribution is 2.21. The Morgan fingerprint density at radius 3 is 2.36 bits per heavy atom. The van der Waals surface area contributed by atoms with Crippen molar-refractivity contribution in [2.75, 3.05) is 31.1 Å². The van der Waals surface area contributed by atoms with E-state index in [4.69, 9.17) is 0 Å². The zero-order valence-electron chi connectivity index (χ0n) is 15.3. The molecule has 0 atom stereocenters. The third-order valence-electron chi connectivity index (χ3n) is 4.88. The number of anilines is 1. The number of piperazine rings is 1. The molecule has 0 saturated carbocycles. The van der Waals surface area contributed by atoms with Crippen LogP contribution < -0.4 is 4.90 Å². The van der Waals surface area contributed by atoms with Gasteiger partial charge in [0.2, 0.25) is 5.91 Å². The summed E-state index contributed by atoms with van der Waals surface area (Å²) in [6.45, 7) is 9.20. The first-order valence-electron chi connectivity index (χ1n) is 8.93.